The van der Waals surface area contributed by atoms with E-state index in [2.05, 4.69) is 78.5 Å². The highest BCUT2D eigenvalue weighted by Gasteiger charge is 2.44. The number of hydrogen-bond donors (Lipinski definition) is 0. The van der Waals surface area contributed by atoms with Crippen LogP contribution in [0.2, 0.25) is 5.02 Å². The number of rotatable bonds is 7. The second-order valence-corrected chi connectivity index (χ2v) is 21.2. The molecular weight excluding hydrogens is 890 g/mol. The van der Waals surface area contributed by atoms with E-state index in [1.807, 2.05) is 29.2 Å². The Bertz CT molecular complexity index is 2850. The number of carbonyl (C=O) groups is 1. The highest BCUT2D eigenvalue weighted by Crippen LogP contribution is 2.47. The molecule has 11 rings (SSSR count). The standard InChI is InChI=1S/C55H61ClF2N10O/c1-36-30-55(35-67(36)45-13-10-41(31-59)50(56)28-45)17-23-64(24-18-55)43-11-8-38(9-12-43)6-7-39-25-46(26-39)63-20-14-44(15-21-63)68-51-16-22-65(37(2)69)34-49(51)54(61-68)66-19-4-5-40-27-47(42-32-60-62(3)33-42)48(53(57)58)29-52(40)66/h8-13,27-29,32-33,36,39,44,46,53H,4-5,14-26,30,34-35H2,1-3H3/t36-,39?,46?/m0/s1. The van der Waals surface area contributed by atoms with E-state index in [0.29, 0.717) is 64.8 Å². The average Bonchev–Trinajstić information content (AvgIpc) is 4.05. The maximum Gasteiger partial charge on any atom is 0.264 e. The second-order valence-electron chi connectivity index (χ2n) is 20.8. The normalized spacial score (nSPS) is 22.6. The molecule has 11 nitrogen and oxygen atoms in total. The van der Waals surface area contributed by atoms with Gasteiger partial charge in [-0.2, -0.15) is 15.5 Å². The van der Waals surface area contributed by atoms with Gasteiger partial charge < -0.3 is 24.5 Å². The second kappa shape index (κ2) is 18.5. The van der Waals surface area contributed by atoms with E-state index in [1.165, 1.54) is 17.8 Å². The third-order valence-corrected chi connectivity index (χ3v) is 16.8. The molecule has 1 spiro atoms. The first-order valence-electron chi connectivity index (χ1n) is 25.1. The van der Waals surface area contributed by atoms with Gasteiger partial charge in [-0.3, -0.25) is 14.2 Å². The fraction of sp³-hybridized carbons (Fsp3) is 0.491. The van der Waals surface area contributed by atoms with E-state index in [-0.39, 0.29) is 17.5 Å². The molecule has 358 valence electrons. The van der Waals surface area contributed by atoms with Gasteiger partial charge >= 0.3 is 0 Å². The third-order valence-electron chi connectivity index (χ3n) is 16.5. The Balaban J connectivity index is 0.703. The Kier molecular flexibility index (Phi) is 12.2. The summed E-state index contributed by atoms with van der Waals surface area (Å²) < 4.78 is 33.4. The monoisotopic (exact) mass is 950 g/mol. The molecule has 69 heavy (non-hydrogen) atoms. The molecular formula is C55H61ClF2N10O. The first kappa shape index (κ1) is 45.5. The number of alkyl halides is 2. The molecule has 1 amide bonds. The molecule has 3 saturated heterocycles. The van der Waals surface area contributed by atoms with E-state index >= 15 is 0 Å². The summed E-state index contributed by atoms with van der Waals surface area (Å²) in [4.78, 5) is 24.4. The zero-order chi connectivity index (χ0) is 47.6. The number of aromatic nitrogens is 4. The molecule has 4 fully saturated rings. The molecule has 3 aromatic carbocycles. The van der Waals surface area contributed by atoms with E-state index in [1.54, 1.807) is 37.1 Å². The Morgan fingerprint density at radius 1 is 0.942 bits per heavy atom. The molecule has 1 atom stereocenters. The van der Waals surface area contributed by atoms with Crippen molar-refractivity contribution in [3.8, 4) is 29.0 Å². The number of halogens is 3. The lowest BCUT2D eigenvalue weighted by molar-refractivity contribution is -0.129. The summed E-state index contributed by atoms with van der Waals surface area (Å²) in [5, 5.41) is 19.5. The van der Waals surface area contributed by atoms with Crippen molar-refractivity contribution in [1.82, 2.24) is 29.4 Å². The lowest BCUT2D eigenvalue weighted by Gasteiger charge is -2.44. The van der Waals surface area contributed by atoms with Gasteiger partial charge in [0.2, 0.25) is 5.91 Å². The molecule has 14 heteroatoms. The minimum Gasteiger partial charge on any atom is -0.371 e. The predicted molar refractivity (Wildman–Crippen MR) is 267 cm³/mol. The molecule has 7 heterocycles. The van der Waals surface area contributed by atoms with Crippen LogP contribution in [0, 0.1) is 34.5 Å². The van der Waals surface area contributed by atoms with Crippen LogP contribution in [0.1, 0.15) is 111 Å². The largest absolute Gasteiger partial charge is 0.371 e. The maximum absolute atomic E-state index is 14.8. The number of piperidine rings is 2. The highest BCUT2D eigenvalue weighted by atomic mass is 35.5. The van der Waals surface area contributed by atoms with E-state index in [9.17, 15) is 18.8 Å². The zero-order valence-corrected chi connectivity index (χ0v) is 40.7. The van der Waals surface area contributed by atoms with Crippen LogP contribution < -0.4 is 14.7 Å². The van der Waals surface area contributed by atoms with Crippen LogP contribution in [0.5, 0.6) is 0 Å². The van der Waals surface area contributed by atoms with Crippen LogP contribution in [0.15, 0.2) is 67.0 Å². The smallest absolute Gasteiger partial charge is 0.264 e. The number of likely N-dealkylation sites (tertiary alicyclic amines) is 1. The molecule has 0 radical (unpaired) electrons. The van der Waals surface area contributed by atoms with Gasteiger partial charge in [0.25, 0.3) is 6.43 Å². The molecule has 0 unspecified atom stereocenters. The van der Waals surface area contributed by atoms with Crippen LogP contribution in [0.4, 0.5) is 31.7 Å². The number of aryl methyl sites for hydroxylation is 2. The quantitative estimate of drug-likeness (QED) is 0.149. The third kappa shape index (κ3) is 8.75. The Labute approximate surface area is 409 Å². The predicted octanol–water partition coefficient (Wildman–Crippen LogP) is 10.1. The number of hydrogen-bond acceptors (Lipinski definition) is 8. The zero-order valence-electron chi connectivity index (χ0n) is 40.0. The van der Waals surface area contributed by atoms with Gasteiger partial charge in [0.05, 0.1) is 29.4 Å². The van der Waals surface area contributed by atoms with Crippen LogP contribution in [0.3, 0.4) is 0 Å². The fourth-order valence-electron chi connectivity index (χ4n) is 12.6. The number of anilines is 4. The van der Waals surface area contributed by atoms with Gasteiger partial charge in [0.15, 0.2) is 5.82 Å². The number of benzene rings is 3. The van der Waals surface area contributed by atoms with Crippen molar-refractivity contribution in [3.63, 3.8) is 0 Å². The lowest BCUT2D eigenvalue weighted by Crippen LogP contribution is -2.48. The van der Waals surface area contributed by atoms with Crippen molar-refractivity contribution in [1.29, 1.82) is 5.26 Å². The Morgan fingerprint density at radius 3 is 2.41 bits per heavy atom. The summed E-state index contributed by atoms with van der Waals surface area (Å²) in [5.74, 6) is 8.35. The first-order chi connectivity index (χ1) is 33.4. The van der Waals surface area contributed by atoms with Gasteiger partial charge in [-0.15, -0.1) is 0 Å². The van der Waals surface area contributed by atoms with E-state index < -0.39 is 6.43 Å². The highest BCUT2D eigenvalue weighted by molar-refractivity contribution is 6.32. The number of amides is 1. The topological polar surface area (TPSA) is 92.7 Å². The summed E-state index contributed by atoms with van der Waals surface area (Å²) in [6, 6.07) is 21.7. The summed E-state index contributed by atoms with van der Waals surface area (Å²) in [6.45, 7) is 10.9. The van der Waals surface area contributed by atoms with Crippen LogP contribution in [-0.4, -0.2) is 93.2 Å². The molecule has 1 saturated carbocycles. The van der Waals surface area contributed by atoms with Gasteiger partial charge in [-0.1, -0.05) is 23.4 Å². The van der Waals surface area contributed by atoms with Crippen molar-refractivity contribution in [2.24, 2.45) is 18.4 Å². The van der Waals surface area contributed by atoms with E-state index in [0.717, 1.165) is 124 Å². The van der Waals surface area contributed by atoms with Crippen molar-refractivity contribution in [2.75, 3.05) is 60.5 Å². The molecule has 1 aliphatic carbocycles. The van der Waals surface area contributed by atoms with Crippen LogP contribution in [-0.2, 0) is 31.2 Å². The Hall–Kier alpha value is -5.89. The van der Waals surface area contributed by atoms with Crippen LogP contribution in [0.25, 0.3) is 11.1 Å². The molecule has 0 N–H and O–H groups in total. The van der Waals surface area contributed by atoms with Crippen molar-refractivity contribution in [2.45, 2.75) is 109 Å². The summed E-state index contributed by atoms with van der Waals surface area (Å²) >= 11 is 6.41. The number of fused-ring (bicyclic) bond motifs is 2. The summed E-state index contributed by atoms with van der Waals surface area (Å²) in [7, 11) is 1.80. The van der Waals surface area contributed by atoms with E-state index in [4.69, 9.17) is 16.7 Å². The van der Waals surface area contributed by atoms with Crippen LogP contribution >= 0.6 is 11.6 Å². The maximum atomic E-state index is 14.8. The molecule has 0 bridgehead atoms. The van der Waals surface area contributed by atoms with Gasteiger partial charge in [0.1, 0.15) is 6.07 Å². The molecule has 2 aromatic heterocycles. The average molecular weight is 952 g/mol. The SMILES string of the molecule is CC(=O)N1CCc2c(c(N3CCCc4cc(-c5cnn(C)c5)c(C(F)F)cc43)nn2C2CCN(C3CC(C#Cc4ccc(N5CCC6(CC5)C[C@H](C)N(c5ccc(C#N)c(Cl)c5)C6)cc4)C3)CC2)C1. The summed E-state index contributed by atoms with van der Waals surface area (Å²) in [5.41, 5.74) is 9.55. The van der Waals surface area contributed by atoms with Gasteiger partial charge in [0, 0.05) is 135 Å². The summed E-state index contributed by atoms with van der Waals surface area (Å²) in [6.07, 6.45) is 10.9. The number of nitrogens with zero attached hydrogens (tertiary/aromatic N) is 10. The Morgan fingerprint density at radius 2 is 1.71 bits per heavy atom. The number of carbonyl (C=O) groups excluding carboxylic acids is 1. The molecule has 6 aliphatic rings. The van der Waals surface area contributed by atoms with Crippen molar-refractivity contribution >= 4 is 40.4 Å². The van der Waals surface area contributed by atoms with Gasteiger partial charge in [-0.25, -0.2) is 8.78 Å². The van der Waals surface area contributed by atoms with Crippen molar-refractivity contribution < 1.29 is 13.6 Å². The minimum atomic E-state index is -2.64. The number of nitriles is 1. The fourth-order valence-corrected chi connectivity index (χ4v) is 12.8. The lowest BCUT2D eigenvalue weighted by atomic mass is 9.76. The molecule has 5 aromatic rings. The minimum absolute atomic E-state index is 0.00144. The molecule has 5 aliphatic heterocycles. The van der Waals surface area contributed by atoms with Crippen molar-refractivity contribution in [3.05, 3.63) is 106 Å². The van der Waals surface area contributed by atoms with Gasteiger partial charge in [-0.05, 0) is 136 Å². The first-order valence-corrected chi connectivity index (χ1v) is 25.4.